The molecule has 0 unspecified atom stereocenters. The van der Waals surface area contributed by atoms with Crippen molar-refractivity contribution in [2.24, 2.45) is 0 Å². The lowest BCUT2D eigenvalue weighted by Crippen LogP contribution is -2.31. The Morgan fingerprint density at radius 3 is 2.14 bits per heavy atom. The van der Waals surface area contributed by atoms with E-state index in [0.717, 1.165) is 0 Å². The topological polar surface area (TPSA) is 81.9 Å². The van der Waals surface area contributed by atoms with Gasteiger partial charge in [0.1, 0.15) is 5.56 Å². The molecule has 0 atom stereocenters. The second-order valence-electron chi connectivity index (χ2n) is 4.27. The minimum Gasteiger partial charge on any atom is -0.493 e. The van der Waals surface area contributed by atoms with Gasteiger partial charge in [0.25, 0.3) is 11.6 Å². The van der Waals surface area contributed by atoms with Crippen molar-refractivity contribution in [3.05, 3.63) is 53.1 Å². The smallest absolute Gasteiger partial charge is 0.286 e. The summed E-state index contributed by atoms with van der Waals surface area (Å²) in [6.45, 7) is 7.63. The molecule has 22 heavy (non-hydrogen) atoms. The Kier molecular flexibility index (Phi) is 6.12. The number of carbonyl (C=O) groups excluding carboxylic acids is 1. The standard InChI is InChI=1S/C15H18N2O5/c1-5-7-16(8-6-2)15(18)11-9-13(21-3)14(22-4)10-12(11)17(19)20/h5-6,9-10H,1-2,7-8H2,3-4H3. The Balaban J connectivity index is 3.41. The summed E-state index contributed by atoms with van der Waals surface area (Å²) in [5.74, 6) is -0.0780. The zero-order valence-corrected chi connectivity index (χ0v) is 12.6. The molecule has 0 radical (unpaired) electrons. The largest absolute Gasteiger partial charge is 0.493 e. The molecule has 0 N–H and O–H groups in total. The van der Waals surface area contributed by atoms with Crippen molar-refractivity contribution in [1.82, 2.24) is 4.90 Å². The maximum atomic E-state index is 12.5. The van der Waals surface area contributed by atoms with Crippen LogP contribution in [0.15, 0.2) is 37.4 Å². The lowest BCUT2D eigenvalue weighted by Gasteiger charge is -2.20. The van der Waals surface area contributed by atoms with Crippen LogP contribution in [0.2, 0.25) is 0 Å². The van der Waals surface area contributed by atoms with Crippen molar-refractivity contribution in [1.29, 1.82) is 0 Å². The van der Waals surface area contributed by atoms with Crippen LogP contribution in [-0.2, 0) is 0 Å². The number of hydrogen-bond acceptors (Lipinski definition) is 5. The molecular formula is C15H18N2O5. The third-order valence-electron chi connectivity index (χ3n) is 2.92. The second-order valence-corrected chi connectivity index (χ2v) is 4.27. The van der Waals surface area contributed by atoms with Crippen LogP contribution < -0.4 is 9.47 Å². The predicted octanol–water partition coefficient (Wildman–Crippen LogP) is 2.43. The number of rotatable bonds is 8. The zero-order valence-electron chi connectivity index (χ0n) is 12.6. The van der Waals surface area contributed by atoms with Crippen molar-refractivity contribution in [3.63, 3.8) is 0 Å². The highest BCUT2D eigenvalue weighted by atomic mass is 16.6. The Morgan fingerprint density at radius 1 is 1.23 bits per heavy atom. The Labute approximate surface area is 128 Å². The summed E-state index contributed by atoms with van der Waals surface area (Å²) >= 11 is 0. The van der Waals surface area contributed by atoms with Crippen LogP contribution in [0.4, 0.5) is 5.69 Å². The Hall–Kier alpha value is -2.83. The van der Waals surface area contributed by atoms with Crippen LogP contribution in [0.5, 0.6) is 11.5 Å². The maximum Gasteiger partial charge on any atom is 0.286 e. The molecule has 0 aliphatic heterocycles. The number of carbonyl (C=O) groups is 1. The lowest BCUT2D eigenvalue weighted by molar-refractivity contribution is -0.385. The molecule has 0 aliphatic rings. The summed E-state index contributed by atoms with van der Waals surface area (Å²) in [6, 6.07) is 2.48. The summed E-state index contributed by atoms with van der Waals surface area (Å²) < 4.78 is 10.1. The molecule has 1 aromatic rings. The summed E-state index contributed by atoms with van der Waals surface area (Å²) in [7, 11) is 2.76. The molecule has 0 aromatic heterocycles. The van der Waals surface area contributed by atoms with Crippen molar-refractivity contribution in [2.75, 3.05) is 27.3 Å². The van der Waals surface area contributed by atoms with Gasteiger partial charge in [-0.25, -0.2) is 0 Å². The van der Waals surface area contributed by atoms with Gasteiger partial charge in [-0.2, -0.15) is 0 Å². The first-order valence-corrected chi connectivity index (χ1v) is 6.41. The maximum absolute atomic E-state index is 12.5. The summed E-state index contributed by atoms with van der Waals surface area (Å²) in [5.41, 5.74) is -0.424. The van der Waals surface area contributed by atoms with Gasteiger partial charge in [0.15, 0.2) is 11.5 Å². The van der Waals surface area contributed by atoms with Crippen molar-refractivity contribution in [2.45, 2.75) is 0 Å². The van der Waals surface area contributed by atoms with Gasteiger partial charge >= 0.3 is 0 Å². The molecule has 118 valence electrons. The summed E-state index contributed by atoms with van der Waals surface area (Å²) in [4.78, 5) is 24.5. The van der Waals surface area contributed by atoms with E-state index in [2.05, 4.69) is 13.2 Å². The fourth-order valence-electron chi connectivity index (χ4n) is 1.91. The van der Waals surface area contributed by atoms with Gasteiger partial charge in [-0.3, -0.25) is 14.9 Å². The van der Waals surface area contributed by atoms with Crippen LogP contribution >= 0.6 is 0 Å². The van der Waals surface area contributed by atoms with E-state index in [1.807, 2.05) is 0 Å². The van der Waals surface area contributed by atoms with E-state index in [9.17, 15) is 14.9 Å². The number of amides is 1. The van der Waals surface area contributed by atoms with E-state index in [-0.39, 0.29) is 35.8 Å². The number of nitro groups is 1. The number of benzene rings is 1. The van der Waals surface area contributed by atoms with Gasteiger partial charge in [-0.15, -0.1) is 13.2 Å². The van der Waals surface area contributed by atoms with E-state index in [0.29, 0.717) is 0 Å². The first kappa shape index (κ1) is 17.2. The Bertz CT molecular complexity index is 588. The average Bonchev–Trinajstić information content (AvgIpc) is 2.52. The van der Waals surface area contributed by atoms with Gasteiger partial charge in [0, 0.05) is 19.2 Å². The normalized spacial score (nSPS) is 9.73. The zero-order chi connectivity index (χ0) is 16.7. The van der Waals surface area contributed by atoms with E-state index >= 15 is 0 Å². The van der Waals surface area contributed by atoms with Crippen molar-refractivity contribution >= 4 is 11.6 Å². The van der Waals surface area contributed by atoms with Crippen molar-refractivity contribution in [3.8, 4) is 11.5 Å². The molecule has 0 saturated carbocycles. The molecule has 0 saturated heterocycles. The van der Waals surface area contributed by atoms with Crippen LogP contribution in [0.1, 0.15) is 10.4 Å². The highest BCUT2D eigenvalue weighted by Gasteiger charge is 2.27. The van der Waals surface area contributed by atoms with Crippen molar-refractivity contribution < 1.29 is 19.2 Å². The van der Waals surface area contributed by atoms with E-state index in [1.54, 1.807) is 0 Å². The molecule has 0 fully saturated rings. The second kappa shape index (κ2) is 7.82. The van der Waals surface area contributed by atoms with E-state index in [4.69, 9.17) is 9.47 Å². The molecule has 0 heterocycles. The molecule has 0 spiro atoms. The third-order valence-corrected chi connectivity index (χ3v) is 2.92. The average molecular weight is 306 g/mol. The van der Waals surface area contributed by atoms with Crippen LogP contribution in [-0.4, -0.2) is 43.0 Å². The highest BCUT2D eigenvalue weighted by Crippen LogP contribution is 2.35. The third kappa shape index (κ3) is 3.63. The number of nitro benzene ring substituents is 1. The van der Waals surface area contributed by atoms with Gasteiger partial charge in [0.05, 0.1) is 25.2 Å². The van der Waals surface area contributed by atoms with Gasteiger partial charge in [-0.1, -0.05) is 12.2 Å². The summed E-state index contributed by atoms with van der Waals surface area (Å²) in [6.07, 6.45) is 3.07. The monoisotopic (exact) mass is 306 g/mol. The van der Waals surface area contributed by atoms with E-state index in [1.165, 1.54) is 43.4 Å². The fraction of sp³-hybridized carbons (Fsp3) is 0.267. The summed E-state index contributed by atoms with van der Waals surface area (Å²) in [5, 5.41) is 11.2. The molecular weight excluding hydrogens is 288 g/mol. The molecule has 7 heteroatoms. The molecule has 7 nitrogen and oxygen atoms in total. The van der Waals surface area contributed by atoms with Crippen LogP contribution in [0.25, 0.3) is 0 Å². The van der Waals surface area contributed by atoms with Gasteiger partial charge in [0.2, 0.25) is 0 Å². The fourth-order valence-corrected chi connectivity index (χ4v) is 1.91. The SMILES string of the molecule is C=CCN(CC=C)C(=O)c1cc(OC)c(OC)cc1[N+](=O)[O-]. The van der Waals surface area contributed by atoms with Crippen LogP contribution in [0, 0.1) is 10.1 Å². The molecule has 0 aliphatic carbocycles. The number of methoxy groups -OCH3 is 2. The van der Waals surface area contributed by atoms with Gasteiger partial charge in [-0.05, 0) is 0 Å². The van der Waals surface area contributed by atoms with E-state index < -0.39 is 10.8 Å². The first-order valence-electron chi connectivity index (χ1n) is 6.41. The number of ether oxygens (including phenoxy) is 2. The number of hydrogen-bond donors (Lipinski definition) is 0. The quantitative estimate of drug-likeness (QED) is 0.418. The molecule has 1 rings (SSSR count). The van der Waals surface area contributed by atoms with Gasteiger partial charge < -0.3 is 14.4 Å². The van der Waals surface area contributed by atoms with Crippen LogP contribution in [0.3, 0.4) is 0 Å². The molecule has 1 aromatic carbocycles. The molecule has 1 amide bonds. The number of nitrogens with zero attached hydrogens (tertiary/aromatic N) is 2. The molecule has 0 bridgehead atoms. The Morgan fingerprint density at radius 2 is 1.73 bits per heavy atom. The minimum atomic E-state index is -0.630. The highest BCUT2D eigenvalue weighted by molar-refractivity contribution is 5.99. The first-order chi connectivity index (χ1) is 10.5. The lowest BCUT2D eigenvalue weighted by atomic mass is 10.1. The minimum absolute atomic E-state index is 0.0775. The predicted molar refractivity (Wildman–Crippen MR) is 82.5 cm³/mol.